The number of hydrogen-bond acceptors (Lipinski definition) is 3. The molecule has 1 aliphatic rings. The van der Waals surface area contributed by atoms with Gasteiger partial charge in [0.15, 0.2) is 0 Å². The first-order valence-corrected chi connectivity index (χ1v) is 7.66. The Morgan fingerprint density at radius 2 is 2.00 bits per heavy atom. The van der Waals surface area contributed by atoms with E-state index < -0.39 is 0 Å². The van der Waals surface area contributed by atoms with E-state index >= 15 is 0 Å². The maximum atomic E-state index is 6.12. The van der Waals surface area contributed by atoms with Crippen LogP contribution in [0.2, 0.25) is 5.02 Å². The smallest absolute Gasteiger partial charge is 0.213 e. The zero-order valence-electron chi connectivity index (χ0n) is 12.1. The first-order chi connectivity index (χ1) is 10.2. The van der Waals surface area contributed by atoms with Gasteiger partial charge in [0.2, 0.25) is 5.88 Å². The summed E-state index contributed by atoms with van der Waals surface area (Å²) in [6.45, 7) is 3.34. The molecule has 1 aromatic carbocycles. The first kappa shape index (κ1) is 14.4. The van der Waals surface area contributed by atoms with Crippen LogP contribution in [0.4, 0.5) is 0 Å². The Balaban J connectivity index is 1.60. The zero-order valence-corrected chi connectivity index (χ0v) is 12.9. The van der Waals surface area contributed by atoms with Crippen molar-refractivity contribution in [1.29, 1.82) is 0 Å². The number of aryl methyl sites for hydroxylation is 1. The molecule has 0 atom stereocenters. The lowest BCUT2D eigenvalue weighted by Gasteiger charge is -2.10. The highest BCUT2D eigenvalue weighted by Crippen LogP contribution is 2.21. The van der Waals surface area contributed by atoms with Gasteiger partial charge in [-0.2, -0.15) is 0 Å². The molecule has 4 heteroatoms. The second-order valence-electron chi connectivity index (χ2n) is 5.43. The summed E-state index contributed by atoms with van der Waals surface area (Å²) in [5, 5.41) is 4.22. The van der Waals surface area contributed by atoms with E-state index in [1.807, 2.05) is 37.3 Å². The Bertz CT molecular complexity index is 626. The summed E-state index contributed by atoms with van der Waals surface area (Å²) < 4.78 is 5.73. The zero-order chi connectivity index (χ0) is 14.7. The highest BCUT2D eigenvalue weighted by atomic mass is 35.5. The van der Waals surface area contributed by atoms with Crippen molar-refractivity contribution in [2.45, 2.75) is 39.0 Å². The van der Waals surface area contributed by atoms with Gasteiger partial charge in [0.25, 0.3) is 0 Å². The summed E-state index contributed by atoms with van der Waals surface area (Å²) in [6.07, 6.45) is 2.59. The molecule has 1 heterocycles. The van der Waals surface area contributed by atoms with Crippen molar-refractivity contribution in [3.63, 3.8) is 0 Å². The van der Waals surface area contributed by atoms with Crippen LogP contribution < -0.4 is 10.1 Å². The number of rotatable bonds is 6. The number of pyridine rings is 1. The molecule has 0 saturated heterocycles. The lowest BCUT2D eigenvalue weighted by molar-refractivity contribution is 0.293. The van der Waals surface area contributed by atoms with E-state index in [1.54, 1.807) is 0 Å². The van der Waals surface area contributed by atoms with Crippen molar-refractivity contribution in [3.8, 4) is 5.88 Å². The van der Waals surface area contributed by atoms with Crippen LogP contribution in [0.5, 0.6) is 5.88 Å². The van der Waals surface area contributed by atoms with Crippen LogP contribution in [0.15, 0.2) is 36.4 Å². The second-order valence-corrected chi connectivity index (χ2v) is 5.84. The number of nitrogens with zero attached hydrogens (tertiary/aromatic N) is 1. The molecule has 1 saturated carbocycles. The molecule has 1 aliphatic carbocycles. The number of halogens is 1. The van der Waals surface area contributed by atoms with Gasteiger partial charge in [0, 0.05) is 34.9 Å². The van der Waals surface area contributed by atoms with Crippen LogP contribution >= 0.6 is 11.6 Å². The molecule has 0 radical (unpaired) electrons. The topological polar surface area (TPSA) is 34.1 Å². The van der Waals surface area contributed by atoms with Crippen molar-refractivity contribution in [1.82, 2.24) is 10.3 Å². The quantitative estimate of drug-likeness (QED) is 0.879. The monoisotopic (exact) mass is 302 g/mol. The molecule has 0 aliphatic heterocycles. The third kappa shape index (κ3) is 3.96. The van der Waals surface area contributed by atoms with E-state index in [9.17, 15) is 0 Å². The molecule has 3 nitrogen and oxygen atoms in total. The van der Waals surface area contributed by atoms with Crippen molar-refractivity contribution >= 4 is 11.6 Å². The van der Waals surface area contributed by atoms with Crippen LogP contribution in [0.25, 0.3) is 0 Å². The molecule has 1 N–H and O–H groups in total. The molecule has 2 aromatic rings. The van der Waals surface area contributed by atoms with E-state index in [0.717, 1.165) is 22.8 Å². The molecule has 110 valence electrons. The molecule has 0 bridgehead atoms. The Labute approximate surface area is 130 Å². The van der Waals surface area contributed by atoms with E-state index in [0.29, 0.717) is 18.5 Å². The average Bonchev–Trinajstić information content (AvgIpc) is 3.30. The maximum absolute atomic E-state index is 6.12. The Morgan fingerprint density at radius 1 is 1.19 bits per heavy atom. The SMILES string of the molecule is Cc1nc(OCc2ccccc2Cl)ccc1CNC1CC1. The van der Waals surface area contributed by atoms with Crippen LogP contribution in [0.3, 0.4) is 0 Å². The molecule has 1 fully saturated rings. The first-order valence-electron chi connectivity index (χ1n) is 7.28. The summed E-state index contributed by atoms with van der Waals surface area (Å²) >= 11 is 6.12. The van der Waals surface area contributed by atoms with Gasteiger partial charge in [-0.1, -0.05) is 35.9 Å². The molecule has 3 rings (SSSR count). The third-order valence-electron chi connectivity index (χ3n) is 3.66. The maximum Gasteiger partial charge on any atom is 0.213 e. The third-order valence-corrected chi connectivity index (χ3v) is 4.03. The van der Waals surface area contributed by atoms with E-state index in [-0.39, 0.29) is 0 Å². The molecular weight excluding hydrogens is 284 g/mol. The predicted octanol–water partition coefficient (Wildman–Crippen LogP) is 3.87. The Morgan fingerprint density at radius 3 is 2.71 bits per heavy atom. The van der Waals surface area contributed by atoms with Crippen LogP contribution in [-0.4, -0.2) is 11.0 Å². The molecule has 0 amide bonds. The van der Waals surface area contributed by atoms with E-state index in [4.69, 9.17) is 16.3 Å². The van der Waals surface area contributed by atoms with Gasteiger partial charge in [-0.05, 0) is 31.4 Å². The standard InChI is InChI=1S/C17H19ClN2O/c1-12-13(10-19-15-7-8-15)6-9-17(20-12)21-11-14-4-2-3-5-16(14)18/h2-6,9,15,19H,7-8,10-11H2,1H3. The van der Waals surface area contributed by atoms with Gasteiger partial charge in [-0.15, -0.1) is 0 Å². The van der Waals surface area contributed by atoms with Gasteiger partial charge in [0.1, 0.15) is 6.61 Å². The second kappa shape index (κ2) is 6.46. The molecule has 0 spiro atoms. The summed E-state index contributed by atoms with van der Waals surface area (Å²) in [4.78, 5) is 4.51. The summed E-state index contributed by atoms with van der Waals surface area (Å²) in [7, 11) is 0. The summed E-state index contributed by atoms with van der Waals surface area (Å²) in [6, 6.07) is 12.4. The lowest BCUT2D eigenvalue weighted by Crippen LogP contribution is -2.16. The van der Waals surface area contributed by atoms with Gasteiger partial charge < -0.3 is 10.1 Å². The number of ether oxygens (including phenoxy) is 1. The lowest BCUT2D eigenvalue weighted by atomic mass is 10.2. The van der Waals surface area contributed by atoms with Crippen molar-refractivity contribution in [2.75, 3.05) is 0 Å². The normalized spacial score (nSPS) is 14.2. The highest BCUT2D eigenvalue weighted by Gasteiger charge is 2.20. The molecular formula is C17H19ClN2O. The van der Waals surface area contributed by atoms with Crippen LogP contribution in [-0.2, 0) is 13.2 Å². The average molecular weight is 303 g/mol. The highest BCUT2D eigenvalue weighted by molar-refractivity contribution is 6.31. The fourth-order valence-electron chi connectivity index (χ4n) is 2.14. The number of aromatic nitrogens is 1. The minimum Gasteiger partial charge on any atom is -0.473 e. The fourth-order valence-corrected chi connectivity index (χ4v) is 2.33. The van der Waals surface area contributed by atoms with E-state index in [2.05, 4.69) is 16.4 Å². The molecule has 21 heavy (non-hydrogen) atoms. The predicted molar refractivity (Wildman–Crippen MR) is 84.6 cm³/mol. The number of nitrogens with one attached hydrogen (secondary N) is 1. The Hall–Kier alpha value is -1.58. The summed E-state index contributed by atoms with van der Waals surface area (Å²) in [5.74, 6) is 0.641. The van der Waals surface area contributed by atoms with Crippen LogP contribution in [0, 0.1) is 6.92 Å². The van der Waals surface area contributed by atoms with Gasteiger partial charge in [-0.3, -0.25) is 0 Å². The van der Waals surface area contributed by atoms with Gasteiger partial charge >= 0.3 is 0 Å². The van der Waals surface area contributed by atoms with Gasteiger partial charge in [-0.25, -0.2) is 4.98 Å². The van der Waals surface area contributed by atoms with Crippen LogP contribution in [0.1, 0.15) is 29.7 Å². The minimum atomic E-state index is 0.436. The van der Waals surface area contributed by atoms with Crippen molar-refractivity contribution < 1.29 is 4.74 Å². The Kier molecular flexibility index (Phi) is 4.42. The van der Waals surface area contributed by atoms with Crippen molar-refractivity contribution in [3.05, 3.63) is 58.2 Å². The van der Waals surface area contributed by atoms with Gasteiger partial charge in [0.05, 0.1) is 0 Å². The molecule has 1 aromatic heterocycles. The number of benzene rings is 1. The largest absolute Gasteiger partial charge is 0.473 e. The van der Waals surface area contributed by atoms with E-state index in [1.165, 1.54) is 18.4 Å². The number of hydrogen-bond donors (Lipinski definition) is 1. The summed E-state index contributed by atoms with van der Waals surface area (Å²) in [5.41, 5.74) is 3.21. The molecule has 0 unspecified atom stereocenters. The van der Waals surface area contributed by atoms with Crippen molar-refractivity contribution in [2.24, 2.45) is 0 Å². The fraction of sp³-hybridized carbons (Fsp3) is 0.353. The minimum absolute atomic E-state index is 0.436.